The van der Waals surface area contributed by atoms with Crippen molar-refractivity contribution < 1.29 is 31.6 Å². The van der Waals surface area contributed by atoms with Crippen LogP contribution < -0.4 is 8.79 Å². The fourth-order valence-corrected chi connectivity index (χ4v) is 8.34. The van der Waals surface area contributed by atoms with Gasteiger partial charge in [0, 0.05) is 54.7 Å². The minimum atomic E-state index is -4.80. The van der Waals surface area contributed by atoms with Gasteiger partial charge in [0.15, 0.2) is 23.2 Å². The van der Waals surface area contributed by atoms with Crippen molar-refractivity contribution in [2.75, 3.05) is 18.0 Å². The molecule has 12 heteroatoms. The van der Waals surface area contributed by atoms with Gasteiger partial charge in [-0.05, 0) is 55.7 Å². The van der Waals surface area contributed by atoms with Gasteiger partial charge in [-0.2, -0.15) is 21.6 Å². The average molecular weight is 637 g/mol. The molecule has 8 nitrogen and oxygen atoms in total. The predicted molar refractivity (Wildman–Crippen MR) is 165 cm³/mol. The summed E-state index contributed by atoms with van der Waals surface area (Å²) in [5.41, 5.74) is -1.45. The van der Waals surface area contributed by atoms with Gasteiger partial charge in [0.2, 0.25) is 0 Å². The molecular formula is C33H29F3N3O5S+. The van der Waals surface area contributed by atoms with Gasteiger partial charge in [-0.1, -0.05) is 36.4 Å². The number of nitro benzene ring substituents is 1. The zero-order valence-corrected chi connectivity index (χ0v) is 24.7. The minimum absolute atomic E-state index is 0.0274. The Balaban J connectivity index is 1.66. The highest BCUT2D eigenvalue weighted by Crippen LogP contribution is 2.56. The number of halogens is 3. The SMILES string of the molecule is O=[N+]([O-])c1ccc(N2CCCCC2)cc1C(O)C1=Cc2ccc(C(F)(F)F)cc2[N+]1(c1ccccc1)S(=O)(=O)c1ccccc1. The van der Waals surface area contributed by atoms with E-state index >= 15 is 0 Å². The monoisotopic (exact) mass is 636 g/mol. The maximum atomic E-state index is 15.0. The first-order valence-electron chi connectivity index (χ1n) is 14.4. The van der Waals surface area contributed by atoms with E-state index in [0.29, 0.717) is 18.8 Å². The van der Waals surface area contributed by atoms with Crippen molar-refractivity contribution in [3.8, 4) is 0 Å². The number of rotatable bonds is 7. The Morgan fingerprint density at radius 1 is 0.867 bits per heavy atom. The Hall–Kier alpha value is -4.52. The van der Waals surface area contributed by atoms with Crippen LogP contribution >= 0.6 is 0 Å². The zero-order valence-electron chi connectivity index (χ0n) is 23.9. The number of hydrogen-bond donors (Lipinski definition) is 1. The van der Waals surface area contributed by atoms with E-state index in [0.717, 1.165) is 37.5 Å². The van der Waals surface area contributed by atoms with E-state index in [2.05, 4.69) is 0 Å². The highest BCUT2D eigenvalue weighted by molar-refractivity contribution is 7.91. The van der Waals surface area contributed by atoms with E-state index in [1.54, 1.807) is 30.3 Å². The zero-order chi connectivity index (χ0) is 32.0. The van der Waals surface area contributed by atoms with Crippen LogP contribution in [0, 0.1) is 10.1 Å². The van der Waals surface area contributed by atoms with Gasteiger partial charge in [0.1, 0.15) is 4.90 Å². The molecule has 0 aliphatic carbocycles. The van der Waals surface area contributed by atoms with Crippen LogP contribution in [0.1, 0.15) is 42.1 Å². The summed E-state index contributed by atoms with van der Waals surface area (Å²) in [6.07, 6.45) is -2.51. The third kappa shape index (κ3) is 5.08. The van der Waals surface area contributed by atoms with Crippen LogP contribution in [-0.2, 0) is 16.2 Å². The molecule has 0 aromatic heterocycles. The summed E-state index contributed by atoms with van der Waals surface area (Å²) >= 11 is 0. The first-order chi connectivity index (χ1) is 21.5. The maximum Gasteiger partial charge on any atom is 0.416 e. The molecule has 2 heterocycles. The molecule has 6 rings (SSSR count). The second-order valence-electron chi connectivity index (χ2n) is 11.0. The van der Waals surface area contributed by atoms with Crippen molar-refractivity contribution in [2.45, 2.75) is 36.4 Å². The number of hydrogen-bond acceptors (Lipinski definition) is 6. The predicted octanol–water partition coefficient (Wildman–Crippen LogP) is 7.72. The summed E-state index contributed by atoms with van der Waals surface area (Å²) in [7, 11) is -4.73. The van der Waals surface area contributed by atoms with Gasteiger partial charge in [0.05, 0.1) is 16.1 Å². The van der Waals surface area contributed by atoms with E-state index < -0.39 is 42.4 Å². The normalized spacial score (nSPS) is 19.1. The fourth-order valence-electron chi connectivity index (χ4n) is 6.27. The second kappa shape index (κ2) is 11.4. The van der Waals surface area contributed by atoms with E-state index in [1.807, 2.05) is 4.90 Å². The third-order valence-corrected chi connectivity index (χ3v) is 10.6. The number of aliphatic hydroxyl groups excluding tert-OH is 1. The van der Waals surface area contributed by atoms with E-state index in [9.17, 15) is 36.8 Å². The molecule has 4 aromatic carbocycles. The highest BCUT2D eigenvalue weighted by atomic mass is 32.2. The summed E-state index contributed by atoms with van der Waals surface area (Å²) in [5.74, 6) is 0. The Bertz CT molecular complexity index is 1890. The Morgan fingerprint density at radius 2 is 1.51 bits per heavy atom. The number of nitrogens with zero attached hydrogens (tertiary/aromatic N) is 3. The molecule has 0 radical (unpaired) electrons. The van der Waals surface area contributed by atoms with Crippen LogP contribution in [0.3, 0.4) is 0 Å². The molecular weight excluding hydrogens is 607 g/mol. The molecule has 2 aliphatic heterocycles. The lowest BCUT2D eigenvalue weighted by Gasteiger charge is -2.36. The Labute approximate surface area is 258 Å². The molecule has 0 amide bonds. The number of fused-ring (bicyclic) bond motifs is 1. The number of piperidine rings is 1. The standard InChI is InChI=1S/C33H29F3N3O5S/c34-33(35,36)24-15-14-23-20-31(32(40)28-22-25(16-17-29(28)38(41)42)37-18-8-3-9-19-37)39(30(23)21-24,26-10-4-1-5-11-26)45(43,44)27-12-6-2-7-13-27/h1-2,4-7,10-17,20-22,32,40H,3,8-9,18-19H2/q+1. The van der Waals surface area contributed by atoms with Gasteiger partial charge in [-0.25, -0.2) is 0 Å². The summed E-state index contributed by atoms with van der Waals surface area (Å²) in [5, 5.41) is 24.5. The van der Waals surface area contributed by atoms with Crippen molar-refractivity contribution in [1.82, 2.24) is 3.89 Å². The fraction of sp³-hybridized carbons (Fsp3) is 0.212. The van der Waals surface area contributed by atoms with Crippen LogP contribution in [0.5, 0.6) is 0 Å². The third-order valence-electron chi connectivity index (χ3n) is 8.39. The number of aliphatic hydroxyl groups is 1. The molecule has 1 fully saturated rings. The molecule has 2 atom stereocenters. The second-order valence-corrected chi connectivity index (χ2v) is 13.0. The molecule has 1 saturated heterocycles. The number of benzene rings is 4. The lowest BCUT2D eigenvalue weighted by Crippen LogP contribution is -2.48. The summed E-state index contributed by atoms with van der Waals surface area (Å²) in [6, 6.07) is 22.0. The van der Waals surface area contributed by atoms with Crippen molar-refractivity contribution in [3.63, 3.8) is 0 Å². The van der Waals surface area contributed by atoms with Crippen molar-refractivity contribution >= 4 is 38.8 Å². The molecule has 232 valence electrons. The maximum absolute atomic E-state index is 15.0. The lowest BCUT2D eigenvalue weighted by atomic mass is 10.0. The molecule has 0 saturated carbocycles. The number of alkyl halides is 3. The molecule has 4 aromatic rings. The van der Waals surface area contributed by atoms with Crippen LogP contribution in [0.15, 0.2) is 108 Å². The van der Waals surface area contributed by atoms with Crippen LogP contribution in [0.2, 0.25) is 0 Å². The van der Waals surface area contributed by atoms with Gasteiger partial charge in [-0.15, -0.1) is 3.89 Å². The van der Waals surface area contributed by atoms with Gasteiger partial charge in [0.25, 0.3) is 5.69 Å². The molecule has 0 spiro atoms. The van der Waals surface area contributed by atoms with Crippen molar-refractivity contribution in [3.05, 3.63) is 130 Å². The molecule has 0 bridgehead atoms. The average Bonchev–Trinajstić information content (AvgIpc) is 3.41. The van der Waals surface area contributed by atoms with E-state index in [-0.39, 0.29) is 33.1 Å². The molecule has 1 N–H and O–H groups in total. The van der Waals surface area contributed by atoms with Crippen LogP contribution in [0.4, 0.5) is 35.9 Å². The van der Waals surface area contributed by atoms with Crippen molar-refractivity contribution in [1.29, 1.82) is 0 Å². The smallest absolute Gasteiger partial charge is 0.378 e. The topological polar surface area (TPSA) is 101 Å². The highest BCUT2D eigenvalue weighted by Gasteiger charge is 2.58. The number of anilines is 1. The van der Waals surface area contributed by atoms with Gasteiger partial charge in [-0.3, -0.25) is 10.1 Å². The van der Waals surface area contributed by atoms with Crippen molar-refractivity contribution in [2.24, 2.45) is 0 Å². The first-order valence-corrected chi connectivity index (χ1v) is 15.8. The van der Waals surface area contributed by atoms with Crippen LogP contribution in [0.25, 0.3) is 6.08 Å². The van der Waals surface area contributed by atoms with Gasteiger partial charge >= 0.3 is 16.2 Å². The summed E-state index contributed by atoms with van der Waals surface area (Å²) in [4.78, 5) is 13.4. The summed E-state index contributed by atoms with van der Waals surface area (Å²) in [6.45, 7) is 1.40. The number of para-hydroxylation sites is 1. The Morgan fingerprint density at radius 3 is 2.13 bits per heavy atom. The van der Waals surface area contributed by atoms with Crippen LogP contribution in [-0.4, -0.2) is 31.5 Å². The molecule has 45 heavy (non-hydrogen) atoms. The largest absolute Gasteiger partial charge is 0.416 e. The van der Waals surface area contributed by atoms with E-state index in [1.165, 1.54) is 54.6 Å². The molecule has 2 aliphatic rings. The first kappa shape index (κ1) is 30.5. The quantitative estimate of drug-likeness (QED) is 0.127. The number of sulfonamides is 1. The summed E-state index contributed by atoms with van der Waals surface area (Å²) < 4.78 is 70.9. The minimum Gasteiger partial charge on any atom is -0.378 e. The number of nitro groups is 1. The van der Waals surface area contributed by atoms with E-state index in [4.69, 9.17) is 0 Å². The number of quaternary nitrogens is 1. The van der Waals surface area contributed by atoms with Gasteiger partial charge < -0.3 is 10.0 Å². The molecule has 2 unspecified atom stereocenters. The lowest BCUT2D eigenvalue weighted by molar-refractivity contribution is -0.386. The Kier molecular flexibility index (Phi) is 7.76.